The van der Waals surface area contributed by atoms with Gasteiger partial charge in [0, 0.05) is 25.7 Å². The first kappa shape index (κ1) is 13.1. The molecule has 0 saturated carbocycles. The molecule has 3 N–H and O–H groups in total. The summed E-state index contributed by atoms with van der Waals surface area (Å²) in [6, 6.07) is 0.491. The van der Waals surface area contributed by atoms with Crippen molar-refractivity contribution in [2.24, 2.45) is 16.3 Å². The molecule has 6 nitrogen and oxygen atoms in total. The van der Waals surface area contributed by atoms with Crippen molar-refractivity contribution in [3.8, 4) is 0 Å². The number of amidine groups is 1. The maximum atomic E-state index is 12.4. The number of carbonyl (C=O) groups is 1. The summed E-state index contributed by atoms with van der Waals surface area (Å²) in [5.74, 6) is -0.0781. The highest BCUT2D eigenvalue weighted by Crippen LogP contribution is 2.25. The van der Waals surface area contributed by atoms with Gasteiger partial charge in [-0.15, -0.1) is 0 Å². The van der Waals surface area contributed by atoms with E-state index >= 15 is 0 Å². The van der Waals surface area contributed by atoms with Gasteiger partial charge in [0.25, 0.3) is 0 Å². The van der Waals surface area contributed by atoms with Gasteiger partial charge in [0.15, 0.2) is 5.84 Å². The van der Waals surface area contributed by atoms with E-state index in [1.54, 1.807) is 13.8 Å². The molecule has 0 aromatic carbocycles. The molecule has 0 aromatic rings. The van der Waals surface area contributed by atoms with Gasteiger partial charge in [0.1, 0.15) is 5.41 Å². The van der Waals surface area contributed by atoms with Crippen LogP contribution >= 0.6 is 0 Å². The molecule has 1 amide bonds. The van der Waals surface area contributed by atoms with Gasteiger partial charge in [-0.25, -0.2) is 0 Å². The molecule has 6 heteroatoms. The summed E-state index contributed by atoms with van der Waals surface area (Å²) >= 11 is 0. The maximum Gasteiger partial charge on any atom is 0.236 e. The van der Waals surface area contributed by atoms with Gasteiger partial charge in [0.2, 0.25) is 5.91 Å². The van der Waals surface area contributed by atoms with Gasteiger partial charge < -0.3 is 15.8 Å². The summed E-state index contributed by atoms with van der Waals surface area (Å²) in [5, 5.41) is 11.7. The number of hydrogen-bond donors (Lipinski definition) is 2. The highest BCUT2D eigenvalue weighted by molar-refractivity contribution is 6.05. The Morgan fingerprint density at radius 2 is 2.11 bits per heavy atom. The van der Waals surface area contributed by atoms with Crippen molar-refractivity contribution in [2.75, 3.05) is 26.2 Å². The van der Waals surface area contributed by atoms with Crippen molar-refractivity contribution < 1.29 is 10.0 Å². The highest BCUT2D eigenvalue weighted by atomic mass is 16.4. The third kappa shape index (κ3) is 2.16. The van der Waals surface area contributed by atoms with Crippen molar-refractivity contribution in [3.63, 3.8) is 0 Å². The number of oxime groups is 1. The maximum absolute atomic E-state index is 12.4. The molecule has 2 saturated heterocycles. The fraction of sp³-hybridized carbons (Fsp3) is 0.833. The van der Waals surface area contributed by atoms with Crippen LogP contribution in [0.25, 0.3) is 0 Å². The van der Waals surface area contributed by atoms with Crippen molar-refractivity contribution in [1.82, 2.24) is 9.80 Å². The lowest BCUT2D eigenvalue weighted by atomic mass is 9.89. The lowest BCUT2D eigenvalue weighted by molar-refractivity contribution is -0.139. The molecule has 2 heterocycles. The van der Waals surface area contributed by atoms with Crippen LogP contribution in [0.1, 0.15) is 26.7 Å². The molecule has 2 rings (SSSR count). The average Bonchev–Trinajstić information content (AvgIpc) is 2.83. The number of nitrogens with two attached hydrogens (primary N) is 1. The Bertz CT molecular complexity index is 367. The molecular weight excluding hydrogens is 232 g/mol. The second-order valence-electron chi connectivity index (χ2n) is 5.69. The SMILES string of the molecule is CC(C)(C(=O)N1CCN2CCCC2C1)C(N)=NO. The van der Waals surface area contributed by atoms with E-state index in [2.05, 4.69) is 10.1 Å². The van der Waals surface area contributed by atoms with E-state index in [0.717, 1.165) is 32.6 Å². The molecule has 2 aliphatic rings. The number of carbonyl (C=O) groups excluding carboxylic acids is 1. The van der Waals surface area contributed by atoms with Crippen LogP contribution in [0, 0.1) is 5.41 Å². The number of fused-ring (bicyclic) bond motifs is 1. The second kappa shape index (κ2) is 4.76. The smallest absolute Gasteiger partial charge is 0.236 e. The van der Waals surface area contributed by atoms with Crippen molar-refractivity contribution in [2.45, 2.75) is 32.7 Å². The van der Waals surface area contributed by atoms with Crippen LogP contribution in [0.2, 0.25) is 0 Å². The van der Waals surface area contributed by atoms with Crippen molar-refractivity contribution in [1.29, 1.82) is 0 Å². The van der Waals surface area contributed by atoms with Crippen LogP contribution in [0.15, 0.2) is 5.16 Å². The van der Waals surface area contributed by atoms with E-state index in [9.17, 15) is 4.79 Å². The van der Waals surface area contributed by atoms with Gasteiger partial charge >= 0.3 is 0 Å². The summed E-state index contributed by atoms with van der Waals surface area (Å²) < 4.78 is 0. The van der Waals surface area contributed by atoms with Crippen molar-refractivity contribution in [3.05, 3.63) is 0 Å². The summed E-state index contributed by atoms with van der Waals surface area (Å²) in [6.45, 7) is 6.98. The van der Waals surface area contributed by atoms with Gasteiger partial charge in [0.05, 0.1) is 0 Å². The molecule has 0 aliphatic carbocycles. The quantitative estimate of drug-likeness (QED) is 0.316. The minimum atomic E-state index is -0.935. The molecule has 1 unspecified atom stereocenters. The van der Waals surface area contributed by atoms with Gasteiger partial charge in [-0.1, -0.05) is 5.16 Å². The van der Waals surface area contributed by atoms with Crippen LogP contribution in [0.4, 0.5) is 0 Å². The highest BCUT2D eigenvalue weighted by Gasteiger charge is 2.40. The van der Waals surface area contributed by atoms with E-state index in [0.29, 0.717) is 6.04 Å². The normalized spacial score (nSPS) is 26.2. The topological polar surface area (TPSA) is 82.2 Å². The summed E-state index contributed by atoms with van der Waals surface area (Å²) in [4.78, 5) is 16.7. The summed E-state index contributed by atoms with van der Waals surface area (Å²) in [6.07, 6.45) is 2.38. The van der Waals surface area contributed by atoms with Crippen LogP contribution in [-0.2, 0) is 4.79 Å². The fourth-order valence-electron chi connectivity index (χ4n) is 2.81. The molecule has 0 bridgehead atoms. The number of amides is 1. The monoisotopic (exact) mass is 254 g/mol. The predicted octanol–water partition coefficient (Wildman–Crippen LogP) is 0.0656. The number of piperazine rings is 1. The van der Waals surface area contributed by atoms with Gasteiger partial charge in [-0.2, -0.15) is 0 Å². The lowest BCUT2D eigenvalue weighted by Crippen LogP contribution is -2.56. The molecule has 102 valence electrons. The largest absolute Gasteiger partial charge is 0.409 e. The zero-order valence-electron chi connectivity index (χ0n) is 11.1. The van der Waals surface area contributed by atoms with Gasteiger partial charge in [-0.05, 0) is 33.2 Å². The third-order valence-corrected chi connectivity index (χ3v) is 4.16. The predicted molar refractivity (Wildman–Crippen MR) is 68.4 cm³/mol. The third-order valence-electron chi connectivity index (χ3n) is 4.16. The molecule has 0 spiro atoms. The molecule has 0 aromatic heterocycles. The summed E-state index contributed by atoms with van der Waals surface area (Å²) in [5.41, 5.74) is 4.67. The van der Waals surface area contributed by atoms with E-state index in [4.69, 9.17) is 10.9 Å². The molecule has 18 heavy (non-hydrogen) atoms. The van der Waals surface area contributed by atoms with Crippen LogP contribution in [0.3, 0.4) is 0 Å². The van der Waals surface area contributed by atoms with Gasteiger partial charge in [-0.3, -0.25) is 9.69 Å². The van der Waals surface area contributed by atoms with E-state index in [1.165, 1.54) is 6.42 Å². The van der Waals surface area contributed by atoms with E-state index in [1.807, 2.05) is 4.90 Å². The Morgan fingerprint density at radius 3 is 2.78 bits per heavy atom. The second-order valence-corrected chi connectivity index (χ2v) is 5.69. The van der Waals surface area contributed by atoms with Crippen LogP contribution < -0.4 is 5.73 Å². The zero-order valence-corrected chi connectivity index (χ0v) is 11.1. The fourth-order valence-corrected chi connectivity index (χ4v) is 2.81. The summed E-state index contributed by atoms with van der Waals surface area (Å²) in [7, 11) is 0. The number of rotatable bonds is 2. The van der Waals surface area contributed by atoms with Crippen molar-refractivity contribution >= 4 is 11.7 Å². The molecule has 0 radical (unpaired) electrons. The first-order valence-electron chi connectivity index (χ1n) is 6.48. The minimum absolute atomic E-state index is 0.0265. The Hall–Kier alpha value is -1.30. The first-order valence-corrected chi connectivity index (χ1v) is 6.48. The zero-order chi connectivity index (χ0) is 13.3. The Labute approximate surface area is 107 Å². The minimum Gasteiger partial charge on any atom is -0.409 e. The lowest BCUT2D eigenvalue weighted by Gasteiger charge is -2.40. The first-order chi connectivity index (χ1) is 8.46. The number of hydrogen-bond acceptors (Lipinski definition) is 4. The Morgan fingerprint density at radius 1 is 1.39 bits per heavy atom. The molecular formula is C12H22N4O2. The van der Waals surface area contributed by atoms with E-state index < -0.39 is 5.41 Å². The average molecular weight is 254 g/mol. The van der Waals surface area contributed by atoms with Crippen LogP contribution in [0.5, 0.6) is 0 Å². The Kier molecular flexibility index (Phi) is 3.47. The molecule has 1 atom stereocenters. The van der Waals surface area contributed by atoms with E-state index in [-0.39, 0.29) is 11.7 Å². The number of nitrogens with zero attached hydrogens (tertiary/aromatic N) is 3. The molecule has 2 aliphatic heterocycles. The van der Waals surface area contributed by atoms with Crippen LogP contribution in [-0.4, -0.2) is 59.0 Å². The standard InChI is InChI=1S/C12H22N4O2/c1-12(2,10(13)14-18)11(17)16-7-6-15-5-3-4-9(15)8-16/h9,18H,3-8H2,1-2H3,(H2,13,14). The Balaban J connectivity index is 2.06. The molecule has 2 fully saturated rings.